The fourth-order valence-electron chi connectivity index (χ4n) is 4.97. The zero-order valence-corrected chi connectivity index (χ0v) is 22.6. The lowest BCUT2D eigenvalue weighted by Crippen LogP contribution is -2.05. The summed E-state index contributed by atoms with van der Waals surface area (Å²) in [5.41, 5.74) is 1.99. The Bertz CT molecular complexity index is 933. The maximum Gasteiger partial charge on any atom is 0.295 e. The van der Waals surface area contributed by atoms with Crippen LogP contribution in [0.3, 0.4) is 0 Å². The summed E-state index contributed by atoms with van der Waals surface area (Å²) in [6.07, 6.45) is 21.8. The van der Waals surface area contributed by atoms with Gasteiger partial charge in [-0.05, 0) is 42.2 Å². The zero-order chi connectivity index (χ0) is 24.7. The maximum atomic E-state index is 12.3. The van der Waals surface area contributed by atoms with Gasteiger partial charge < -0.3 is 0 Å². The van der Waals surface area contributed by atoms with E-state index in [9.17, 15) is 13.0 Å². The molecule has 34 heavy (non-hydrogen) atoms. The number of rotatable bonds is 19. The standard InChI is InChI=1S/C30H48O3S/c1-3-5-7-9-11-13-15-17-19-26-21-24-29-28(25-26)23-22-27(30(29)34(31,32)33)20-18-16-14-12-10-8-6-4-2/h21-25H,3-20H2,1-2H3,(H,31,32,33). The molecular weight excluding hydrogens is 440 g/mol. The van der Waals surface area contributed by atoms with Crippen LogP contribution in [0.4, 0.5) is 0 Å². The van der Waals surface area contributed by atoms with Crippen molar-refractivity contribution in [2.75, 3.05) is 0 Å². The van der Waals surface area contributed by atoms with Crippen LogP contribution in [-0.2, 0) is 23.0 Å². The minimum Gasteiger partial charge on any atom is -0.282 e. The predicted octanol–water partition coefficient (Wildman–Crippen LogP) is 9.45. The highest BCUT2D eigenvalue weighted by Gasteiger charge is 2.19. The molecule has 0 aromatic heterocycles. The quantitative estimate of drug-likeness (QED) is 0.158. The fraction of sp³-hybridized carbons (Fsp3) is 0.667. The Balaban J connectivity index is 1.92. The summed E-state index contributed by atoms with van der Waals surface area (Å²) < 4.78 is 34.6. The van der Waals surface area contributed by atoms with Gasteiger partial charge in [0, 0.05) is 5.39 Å². The van der Waals surface area contributed by atoms with Crippen LogP contribution < -0.4 is 0 Å². The molecule has 3 nitrogen and oxygen atoms in total. The number of hydrogen-bond donors (Lipinski definition) is 1. The lowest BCUT2D eigenvalue weighted by Gasteiger charge is -2.12. The molecule has 0 unspecified atom stereocenters. The molecular formula is C30H48O3S. The summed E-state index contributed by atoms with van der Waals surface area (Å²) in [5.74, 6) is 0. The fourth-order valence-corrected chi connectivity index (χ4v) is 5.93. The molecule has 0 aliphatic heterocycles. The van der Waals surface area contributed by atoms with E-state index in [1.165, 1.54) is 95.5 Å². The molecule has 0 spiro atoms. The van der Waals surface area contributed by atoms with Gasteiger partial charge in [0.2, 0.25) is 0 Å². The van der Waals surface area contributed by atoms with Gasteiger partial charge in [-0.1, -0.05) is 134 Å². The van der Waals surface area contributed by atoms with Gasteiger partial charge in [-0.2, -0.15) is 8.42 Å². The second-order valence-corrected chi connectivity index (χ2v) is 11.4. The molecule has 2 rings (SSSR count). The lowest BCUT2D eigenvalue weighted by molar-refractivity contribution is 0.482. The van der Waals surface area contributed by atoms with Crippen molar-refractivity contribution < 1.29 is 13.0 Å². The van der Waals surface area contributed by atoms with E-state index in [-0.39, 0.29) is 4.90 Å². The normalized spacial score (nSPS) is 12.0. The van der Waals surface area contributed by atoms with E-state index in [1.807, 2.05) is 24.3 Å². The summed E-state index contributed by atoms with van der Waals surface area (Å²) in [5, 5.41) is 1.56. The van der Waals surface area contributed by atoms with E-state index in [1.54, 1.807) is 0 Å². The predicted molar refractivity (Wildman–Crippen MR) is 146 cm³/mol. The minimum absolute atomic E-state index is 0.117. The summed E-state index contributed by atoms with van der Waals surface area (Å²) in [7, 11) is -4.26. The Morgan fingerprint density at radius 3 is 1.65 bits per heavy atom. The molecule has 0 saturated carbocycles. The third kappa shape index (κ3) is 10.5. The summed E-state index contributed by atoms with van der Waals surface area (Å²) in [6, 6.07) is 9.98. The Morgan fingerprint density at radius 2 is 1.12 bits per heavy atom. The molecule has 0 amide bonds. The molecule has 0 fully saturated rings. The smallest absolute Gasteiger partial charge is 0.282 e. The lowest BCUT2D eigenvalue weighted by atomic mass is 9.98. The number of fused-ring (bicyclic) bond motifs is 1. The highest BCUT2D eigenvalue weighted by atomic mass is 32.2. The highest BCUT2D eigenvalue weighted by Crippen LogP contribution is 2.29. The van der Waals surface area contributed by atoms with Crippen molar-refractivity contribution in [1.82, 2.24) is 0 Å². The molecule has 4 heteroatoms. The summed E-state index contributed by atoms with van der Waals surface area (Å²) >= 11 is 0. The van der Waals surface area contributed by atoms with Gasteiger partial charge in [-0.25, -0.2) is 0 Å². The van der Waals surface area contributed by atoms with Crippen LogP contribution in [-0.4, -0.2) is 13.0 Å². The molecule has 0 atom stereocenters. The summed E-state index contributed by atoms with van der Waals surface area (Å²) in [6.45, 7) is 4.48. The van der Waals surface area contributed by atoms with Crippen LogP contribution in [0.15, 0.2) is 35.2 Å². The number of benzene rings is 2. The topological polar surface area (TPSA) is 54.4 Å². The van der Waals surface area contributed by atoms with Crippen LogP contribution in [0.5, 0.6) is 0 Å². The van der Waals surface area contributed by atoms with Crippen LogP contribution in [0.1, 0.15) is 128 Å². The van der Waals surface area contributed by atoms with Crippen LogP contribution in [0.25, 0.3) is 10.8 Å². The molecule has 0 bridgehead atoms. The second kappa shape index (κ2) is 16.3. The zero-order valence-electron chi connectivity index (χ0n) is 21.8. The average molecular weight is 489 g/mol. The molecule has 0 aliphatic carbocycles. The third-order valence-electron chi connectivity index (χ3n) is 6.99. The van der Waals surface area contributed by atoms with Crippen molar-refractivity contribution in [1.29, 1.82) is 0 Å². The molecule has 0 radical (unpaired) electrons. The van der Waals surface area contributed by atoms with Crippen molar-refractivity contribution in [3.05, 3.63) is 41.5 Å². The van der Waals surface area contributed by atoms with Gasteiger partial charge in [0.25, 0.3) is 10.1 Å². The third-order valence-corrected chi connectivity index (χ3v) is 7.99. The van der Waals surface area contributed by atoms with E-state index >= 15 is 0 Å². The Morgan fingerprint density at radius 1 is 0.618 bits per heavy atom. The van der Waals surface area contributed by atoms with Gasteiger partial charge in [-0.3, -0.25) is 4.55 Å². The molecule has 0 saturated heterocycles. The van der Waals surface area contributed by atoms with E-state index in [4.69, 9.17) is 0 Å². The van der Waals surface area contributed by atoms with Crippen LogP contribution in [0.2, 0.25) is 0 Å². The van der Waals surface area contributed by atoms with Crippen molar-refractivity contribution in [2.45, 2.75) is 134 Å². The van der Waals surface area contributed by atoms with Gasteiger partial charge in [0.15, 0.2) is 0 Å². The van der Waals surface area contributed by atoms with Gasteiger partial charge in [-0.15, -0.1) is 0 Å². The molecule has 0 aliphatic rings. The Hall–Kier alpha value is -1.39. The monoisotopic (exact) mass is 488 g/mol. The van der Waals surface area contributed by atoms with E-state index in [2.05, 4.69) is 19.9 Å². The highest BCUT2D eigenvalue weighted by molar-refractivity contribution is 7.86. The number of aryl methyl sites for hydroxylation is 2. The summed E-state index contributed by atoms with van der Waals surface area (Å²) in [4.78, 5) is 0.117. The van der Waals surface area contributed by atoms with Crippen LogP contribution >= 0.6 is 0 Å². The molecule has 2 aromatic rings. The first-order valence-electron chi connectivity index (χ1n) is 14.0. The van der Waals surface area contributed by atoms with Gasteiger partial charge >= 0.3 is 0 Å². The number of hydrogen-bond acceptors (Lipinski definition) is 2. The van der Waals surface area contributed by atoms with Gasteiger partial charge in [0.05, 0.1) is 0 Å². The van der Waals surface area contributed by atoms with Gasteiger partial charge in [0.1, 0.15) is 4.90 Å². The first-order chi connectivity index (χ1) is 16.5. The van der Waals surface area contributed by atoms with Crippen molar-refractivity contribution in [3.63, 3.8) is 0 Å². The van der Waals surface area contributed by atoms with Crippen molar-refractivity contribution in [2.24, 2.45) is 0 Å². The van der Waals surface area contributed by atoms with Crippen molar-refractivity contribution in [3.8, 4) is 0 Å². The molecule has 192 valence electrons. The average Bonchev–Trinajstić information content (AvgIpc) is 2.81. The maximum absolute atomic E-state index is 12.3. The minimum atomic E-state index is -4.26. The molecule has 0 heterocycles. The van der Waals surface area contributed by atoms with E-state index in [0.717, 1.165) is 30.2 Å². The first kappa shape index (κ1) is 28.8. The SMILES string of the molecule is CCCCCCCCCCc1ccc2c(S(=O)(=O)O)c(CCCCCCCCCC)ccc2c1. The van der Waals surface area contributed by atoms with Crippen molar-refractivity contribution >= 4 is 20.9 Å². The second-order valence-electron chi connectivity index (χ2n) is 10.0. The number of unbranched alkanes of at least 4 members (excludes halogenated alkanes) is 14. The Kier molecular flexibility index (Phi) is 13.8. The van der Waals surface area contributed by atoms with E-state index < -0.39 is 10.1 Å². The largest absolute Gasteiger partial charge is 0.295 e. The molecule has 1 N–H and O–H groups in total. The van der Waals surface area contributed by atoms with Crippen LogP contribution in [0, 0.1) is 0 Å². The molecule has 2 aromatic carbocycles. The first-order valence-corrected chi connectivity index (χ1v) is 15.4. The Labute approximate surface area is 209 Å². The van der Waals surface area contributed by atoms with E-state index in [0.29, 0.717) is 11.8 Å².